The lowest BCUT2D eigenvalue weighted by molar-refractivity contribution is -0.164. The quantitative estimate of drug-likeness (QED) is 0.0317. The summed E-state index contributed by atoms with van der Waals surface area (Å²) >= 11 is 0. The Morgan fingerprint density at radius 1 is 0.753 bits per heavy atom. The van der Waals surface area contributed by atoms with Crippen molar-refractivity contribution in [2.24, 2.45) is 29.6 Å². The van der Waals surface area contributed by atoms with Crippen molar-refractivity contribution in [3.63, 3.8) is 0 Å². The van der Waals surface area contributed by atoms with Gasteiger partial charge in [0.15, 0.2) is 17.9 Å². The molecule has 1 saturated heterocycles. The average molecular weight is 1200 g/mol. The second-order valence-corrected chi connectivity index (χ2v) is 24.3. The Morgan fingerprint density at radius 3 is 1.91 bits per heavy atom. The summed E-state index contributed by atoms with van der Waals surface area (Å²) in [7, 11) is 4.19. The number of ether oxygens (including phenoxy) is 5. The van der Waals surface area contributed by atoms with E-state index in [4.69, 9.17) is 23.7 Å². The number of carboxylic acids is 1. The summed E-state index contributed by atoms with van der Waals surface area (Å²) in [6, 6.07) is 7.79. The third kappa shape index (κ3) is 22.2. The molecule has 5 N–H and O–H groups in total. The van der Waals surface area contributed by atoms with E-state index in [1.807, 2.05) is 40.7 Å². The minimum absolute atomic E-state index is 0.0771. The van der Waals surface area contributed by atoms with Gasteiger partial charge in [0.05, 0.1) is 31.6 Å². The number of hydrogen-bond acceptors (Lipinski definition) is 16. The SMILES string of the molecule is CC[C@H](C)[C@@H](NC(=O)OC(C)(C)C)[C@H](O)CC(=O)O[C@@H](C(=O)[C@H](C)C(=O)N[C@@H](CC(C)C)C(=O)N1CCC[C@H]1C(=O)N(C)[C@@H](Cc1ccc(OC)cc1)C(=O)O[C@H](C)[C@H](NC(=O)[C@@H](CC(C)C)N(C)C(=O)OCc1ccccc1)C(=O)O)C(C)C. The number of nitrogens with zero attached hydrogens (tertiary/aromatic N) is 3. The number of Topliss-reactive ketones (excluding diaryl/α,β-unsaturated/α-hetero) is 1. The van der Waals surface area contributed by atoms with Crippen LogP contribution in [0, 0.1) is 29.6 Å². The zero-order chi connectivity index (χ0) is 64.2. The lowest BCUT2D eigenvalue weighted by Crippen LogP contribution is -2.58. The van der Waals surface area contributed by atoms with E-state index >= 15 is 0 Å². The molecule has 474 valence electrons. The summed E-state index contributed by atoms with van der Waals surface area (Å²) in [5.74, 6) is -9.50. The van der Waals surface area contributed by atoms with Gasteiger partial charge in [-0.15, -0.1) is 0 Å². The number of ketones is 1. The summed E-state index contributed by atoms with van der Waals surface area (Å²) in [4.78, 5) is 142. The van der Waals surface area contributed by atoms with Crippen LogP contribution in [-0.4, -0.2) is 172 Å². The summed E-state index contributed by atoms with van der Waals surface area (Å²) in [5.41, 5.74) is 0.433. The smallest absolute Gasteiger partial charge is 0.410 e. The van der Waals surface area contributed by atoms with E-state index in [1.165, 1.54) is 40.0 Å². The largest absolute Gasteiger partial charge is 0.497 e. The lowest BCUT2D eigenvalue weighted by Gasteiger charge is -2.35. The molecule has 23 heteroatoms. The second kappa shape index (κ2) is 33.4. The Labute approximate surface area is 500 Å². The molecule has 0 radical (unpaired) electrons. The fraction of sp³-hybridized carbons (Fsp3) is 0.645. The standard InChI is InChI=1S/C62H94N6O17/c1-17-38(8)50(65-60(79)85-62(11,12)13)48(69)33-49(70)84-53(37(6)7)52(71)39(9)54(72)63-44(30-35(2)3)56(74)68-29-21-24-45(68)57(75)66(14)47(32-41-25-27-43(81-16)28-26-41)59(78)83-40(10)51(58(76)77)64-55(73)46(31-36(4)5)67(15)61(80)82-34-42-22-19-18-20-23-42/h18-20,22-23,25-28,35-40,44-48,50-51,53,69H,17,21,24,29-34H2,1-16H3,(H,63,72)(H,64,73)(H,65,79)(H,76,77)/t38-,39-,40+,44-,45-,46+,47-,48+,50+,51-,53+/m0/s1. The van der Waals surface area contributed by atoms with E-state index in [2.05, 4.69) is 16.0 Å². The number of aliphatic hydroxyl groups excluding tert-OH is 1. The minimum Gasteiger partial charge on any atom is -0.497 e. The van der Waals surface area contributed by atoms with Crippen LogP contribution >= 0.6 is 0 Å². The summed E-state index contributed by atoms with van der Waals surface area (Å²) in [6.45, 7) is 21.8. The van der Waals surface area contributed by atoms with E-state index in [0.29, 0.717) is 29.7 Å². The van der Waals surface area contributed by atoms with Gasteiger partial charge in [0.25, 0.3) is 0 Å². The number of benzene rings is 2. The number of esters is 2. The van der Waals surface area contributed by atoms with Crippen LogP contribution in [0.1, 0.15) is 140 Å². The summed E-state index contributed by atoms with van der Waals surface area (Å²) in [6.07, 6.45) is -5.50. The van der Waals surface area contributed by atoms with Gasteiger partial charge in [-0.25, -0.2) is 19.2 Å². The number of methoxy groups -OCH3 is 1. The number of likely N-dealkylation sites (tertiary alicyclic amines) is 1. The molecule has 85 heavy (non-hydrogen) atoms. The zero-order valence-electron chi connectivity index (χ0n) is 52.5. The number of nitrogens with one attached hydrogen (secondary N) is 3. The van der Waals surface area contributed by atoms with Gasteiger partial charge in [-0.2, -0.15) is 0 Å². The van der Waals surface area contributed by atoms with Crippen molar-refractivity contribution in [1.29, 1.82) is 0 Å². The van der Waals surface area contributed by atoms with Gasteiger partial charge in [-0.05, 0) is 107 Å². The van der Waals surface area contributed by atoms with Crippen LogP contribution < -0.4 is 20.7 Å². The summed E-state index contributed by atoms with van der Waals surface area (Å²) in [5, 5.41) is 29.4. The molecule has 2 aromatic rings. The first-order valence-electron chi connectivity index (χ1n) is 29.3. The molecule has 23 nitrogen and oxygen atoms in total. The van der Waals surface area contributed by atoms with Crippen molar-refractivity contribution in [2.45, 2.75) is 202 Å². The van der Waals surface area contributed by atoms with Crippen molar-refractivity contribution < 1.29 is 81.8 Å². The van der Waals surface area contributed by atoms with E-state index in [9.17, 15) is 58.2 Å². The Hall–Kier alpha value is -7.30. The highest BCUT2D eigenvalue weighted by Crippen LogP contribution is 2.26. The molecule has 0 unspecified atom stereocenters. The van der Waals surface area contributed by atoms with Gasteiger partial charge >= 0.3 is 30.1 Å². The molecule has 0 saturated carbocycles. The van der Waals surface area contributed by atoms with Crippen molar-refractivity contribution in [2.75, 3.05) is 27.7 Å². The van der Waals surface area contributed by atoms with E-state index in [1.54, 1.807) is 90.1 Å². The predicted octanol–water partition coefficient (Wildman–Crippen LogP) is 6.23. The Balaban J connectivity index is 1.86. The Bertz CT molecular complexity index is 2570. The fourth-order valence-electron chi connectivity index (χ4n) is 9.72. The van der Waals surface area contributed by atoms with E-state index < -0.39 is 138 Å². The number of carboxylic acid groups (broad SMARTS) is 1. The average Bonchev–Trinajstić information content (AvgIpc) is 2.89. The normalized spacial score (nSPS) is 16.9. The first-order chi connectivity index (χ1) is 39.7. The van der Waals surface area contributed by atoms with Crippen LogP contribution in [0.25, 0.3) is 0 Å². The third-order valence-electron chi connectivity index (χ3n) is 14.8. The maximum atomic E-state index is 14.8. The highest BCUT2D eigenvalue weighted by molar-refractivity contribution is 6.05. The Morgan fingerprint density at radius 2 is 1.36 bits per heavy atom. The number of amides is 6. The van der Waals surface area contributed by atoms with Gasteiger partial charge in [-0.1, -0.05) is 104 Å². The van der Waals surface area contributed by atoms with E-state index in [-0.39, 0.29) is 56.6 Å². The molecule has 1 heterocycles. The summed E-state index contributed by atoms with van der Waals surface area (Å²) < 4.78 is 27.6. The topological polar surface area (TPSA) is 303 Å². The van der Waals surface area contributed by atoms with Crippen molar-refractivity contribution in [1.82, 2.24) is 30.7 Å². The number of likely N-dealkylation sites (N-methyl/N-ethyl adjacent to an activating group) is 2. The highest BCUT2D eigenvalue weighted by Gasteiger charge is 2.44. The molecule has 1 aliphatic rings. The third-order valence-corrected chi connectivity index (χ3v) is 14.8. The molecular weight excluding hydrogens is 1100 g/mol. The number of aliphatic hydroxyl groups is 1. The number of hydrogen-bond donors (Lipinski definition) is 5. The number of aliphatic carboxylic acids is 1. The van der Waals surface area contributed by atoms with Crippen LogP contribution in [-0.2, 0) is 70.3 Å². The van der Waals surface area contributed by atoms with Crippen LogP contribution in [0.2, 0.25) is 0 Å². The second-order valence-electron chi connectivity index (χ2n) is 24.3. The minimum atomic E-state index is -1.83. The van der Waals surface area contributed by atoms with Crippen molar-refractivity contribution >= 4 is 59.5 Å². The monoisotopic (exact) mass is 1190 g/mol. The lowest BCUT2D eigenvalue weighted by atomic mass is 9.92. The van der Waals surface area contributed by atoms with Crippen LogP contribution in [0.4, 0.5) is 9.59 Å². The van der Waals surface area contributed by atoms with Gasteiger partial charge < -0.3 is 59.6 Å². The molecule has 11 atom stereocenters. The van der Waals surface area contributed by atoms with Crippen LogP contribution in [0.5, 0.6) is 5.75 Å². The molecular formula is C62H94N6O17. The molecule has 0 aromatic heterocycles. The fourth-order valence-corrected chi connectivity index (χ4v) is 9.72. The number of carbonyl (C=O) groups excluding carboxylic acids is 9. The van der Waals surface area contributed by atoms with Crippen molar-refractivity contribution in [3.05, 3.63) is 65.7 Å². The predicted molar refractivity (Wildman–Crippen MR) is 314 cm³/mol. The van der Waals surface area contributed by atoms with Crippen molar-refractivity contribution in [3.8, 4) is 5.75 Å². The highest BCUT2D eigenvalue weighted by atomic mass is 16.6. The molecule has 6 amide bonds. The molecule has 0 aliphatic carbocycles. The van der Waals surface area contributed by atoms with Gasteiger partial charge in [0.1, 0.15) is 48.2 Å². The maximum absolute atomic E-state index is 14.8. The van der Waals surface area contributed by atoms with Crippen LogP contribution in [0.15, 0.2) is 54.6 Å². The Kier molecular flexibility index (Phi) is 28.3. The number of carbonyl (C=O) groups is 10. The first kappa shape index (κ1) is 72.0. The molecule has 3 rings (SSSR count). The van der Waals surface area contributed by atoms with E-state index in [0.717, 1.165) is 9.80 Å². The maximum Gasteiger partial charge on any atom is 0.410 e. The van der Waals surface area contributed by atoms with Gasteiger partial charge in [0, 0.05) is 27.1 Å². The number of alkyl carbamates (subject to hydrolysis) is 1. The van der Waals surface area contributed by atoms with Gasteiger partial charge in [-0.3, -0.25) is 33.7 Å². The van der Waals surface area contributed by atoms with Crippen LogP contribution in [0.3, 0.4) is 0 Å². The molecule has 0 spiro atoms. The molecule has 1 aliphatic heterocycles. The molecule has 0 bridgehead atoms. The molecule has 1 fully saturated rings. The number of rotatable bonds is 31. The van der Waals surface area contributed by atoms with Gasteiger partial charge in [0.2, 0.25) is 23.6 Å². The molecule has 2 aromatic carbocycles. The zero-order valence-corrected chi connectivity index (χ0v) is 52.5. The first-order valence-corrected chi connectivity index (χ1v) is 29.3.